The maximum absolute atomic E-state index is 11.5. The van der Waals surface area contributed by atoms with E-state index >= 15 is 0 Å². The van der Waals surface area contributed by atoms with Crippen LogP contribution in [0.5, 0.6) is 0 Å². The first-order chi connectivity index (χ1) is 5.63. The Balaban J connectivity index is 4.06. The van der Waals surface area contributed by atoms with E-state index in [1.807, 2.05) is 26.8 Å². The van der Waals surface area contributed by atoms with E-state index in [1.54, 1.807) is 0 Å². The third-order valence-electron chi connectivity index (χ3n) is 1.76. The molecule has 0 aliphatic carbocycles. The maximum Gasteiger partial charge on any atom is 0.141 e. The molecule has 0 spiro atoms. The van der Waals surface area contributed by atoms with Crippen molar-refractivity contribution in [3.63, 3.8) is 0 Å². The van der Waals surface area contributed by atoms with Gasteiger partial charge in [0.25, 0.3) is 0 Å². The van der Waals surface area contributed by atoms with Crippen LogP contribution in [0.2, 0.25) is 0 Å². The average molecular weight is 182 g/mol. The van der Waals surface area contributed by atoms with E-state index in [4.69, 9.17) is 0 Å². The quantitative estimate of drug-likeness (QED) is 0.596. The molecule has 0 aromatic rings. The van der Waals surface area contributed by atoms with Crippen molar-refractivity contribution in [1.29, 1.82) is 0 Å². The monoisotopic (exact) mass is 182 g/mol. The minimum atomic E-state index is -0.206. The summed E-state index contributed by atoms with van der Waals surface area (Å²) in [5, 5.41) is 0. The Labute approximate surface area is 82.2 Å². The van der Waals surface area contributed by atoms with E-state index in [0.717, 1.165) is 0 Å². The van der Waals surface area contributed by atoms with Crippen molar-refractivity contribution in [3.8, 4) is 0 Å². The first-order valence-corrected chi connectivity index (χ1v) is 4.84. The predicted molar refractivity (Wildman–Crippen MR) is 57.7 cm³/mol. The minimum absolute atomic E-state index is 0.179. The van der Waals surface area contributed by atoms with E-state index in [1.165, 1.54) is 0 Å². The highest BCUT2D eigenvalue weighted by molar-refractivity contribution is 5.84. The summed E-state index contributed by atoms with van der Waals surface area (Å²) in [4.78, 5) is 11.5. The molecule has 13 heavy (non-hydrogen) atoms. The maximum atomic E-state index is 11.5. The SMILES string of the molecule is CC(C)(C)/C=C/CC(=O)C(C)(C)C. The largest absolute Gasteiger partial charge is 0.299 e. The number of carbonyl (C=O) groups is 1. The molecule has 0 aromatic heterocycles. The number of rotatable bonds is 2. The number of carbonyl (C=O) groups excluding carboxylic acids is 1. The third kappa shape index (κ3) is 6.56. The van der Waals surface area contributed by atoms with Crippen LogP contribution in [0.25, 0.3) is 0 Å². The van der Waals surface area contributed by atoms with Gasteiger partial charge in [-0.05, 0) is 5.41 Å². The van der Waals surface area contributed by atoms with Gasteiger partial charge in [-0.1, -0.05) is 53.7 Å². The number of allylic oxidation sites excluding steroid dienone is 2. The lowest BCUT2D eigenvalue weighted by Gasteiger charge is -2.16. The van der Waals surface area contributed by atoms with E-state index in [-0.39, 0.29) is 10.8 Å². The molecule has 0 saturated carbocycles. The lowest BCUT2D eigenvalue weighted by atomic mass is 9.88. The highest BCUT2D eigenvalue weighted by Crippen LogP contribution is 2.19. The molecule has 0 aliphatic rings. The van der Waals surface area contributed by atoms with Crippen molar-refractivity contribution < 1.29 is 4.79 Å². The summed E-state index contributed by atoms with van der Waals surface area (Å²) in [5.41, 5.74) is -0.0274. The lowest BCUT2D eigenvalue weighted by molar-refractivity contribution is -0.125. The highest BCUT2D eigenvalue weighted by Gasteiger charge is 2.19. The second-order valence-corrected chi connectivity index (χ2v) is 5.65. The van der Waals surface area contributed by atoms with Crippen LogP contribution < -0.4 is 0 Å². The van der Waals surface area contributed by atoms with Gasteiger partial charge in [0.15, 0.2) is 0 Å². The van der Waals surface area contributed by atoms with Crippen LogP contribution in [0.4, 0.5) is 0 Å². The summed E-state index contributed by atoms with van der Waals surface area (Å²) in [6, 6.07) is 0. The third-order valence-corrected chi connectivity index (χ3v) is 1.76. The van der Waals surface area contributed by atoms with E-state index in [2.05, 4.69) is 26.8 Å². The van der Waals surface area contributed by atoms with Crippen LogP contribution in [0.3, 0.4) is 0 Å². The summed E-state index contributed by atoms with van der Waals surface area (Å²) in [6.45, 7) is 12.3. The molecule has 1 nitrogen and oxygen atoms in total. The van der Waals surface area contributed by atoms with Crippen molar-refractivity contribution in [2.75, 3.05) is 0 Å². The van der Waals surface area contributed by atoms with Crippen LogP contribution in [0.1, 0.15) is 48.0 Å². The first kappa shape index (κ1) is 12.4. The van der Waals surface area contributed by atoms with Crippen LogP contribution in [-0.2, 0) is 4.79 Å². The highest BCUT2D eigenvalue weighted by atomic mass is 16.1. The zero-order chi connectivity index (χ0) is 10.7. The summed E-state index contributed by atoms with van der Waals surface area (Å²) in [7, 11) is 0. The van der Waals surface area contributed by atoms with Crippen molar-refractivity contribution >= 4 is 5.78 Å². The molecular weight excluding hydrogens is 160 g/mol. The molecule has 0 aliphatic heterocycles. The van der Waals surface area contributed by atoms with Crippen LogP contribution in [-0.4, -0.2) is 5.78 Å². The number of hydrogen-bond donors (Lipinski definition) is 0. The molecular formula is C12H22O. The Morgan fingerprint density at radius 2 is 1.54 bits per heavy atom. The van der Waals surface area contributed by atoms with Crippen molar-refractivity contribution in [2.45, 2.75) is 48.0 Å². The standard InChI is InChI=1S/C12H22O/c1-11(2,3)9-7-8-10(13)12(4,5)6/h7,9H,8H2,1-6H3/b9-7+. The summed E-state index contributed by atoms with van der Waals surface area (Å²) >= 11 is 0. The summed E-state index contributed by atoms with van der Waals surface area (Å²) in [5.74, 6) is 0.299. The van der Waals surface area contributed by atoms with Gasteiger partial charge in [-0.2, -0.15) is 0 Å². The van der Waals surface area contributed by atoms with Gasteiger partial charge in [0.05, 0.1) is 0 Å². The van der Waals surface area contributed by atoms with Crippen molar-refractivity contribution in [3.05, 3.63) is 12.2 Å². The van der Waals surface area contributed by atoms with E-state index < -0.39 is 0 Å². The number of ketones is 1. The molecule has 0 atom stereocenters. The van der Waals surface area contributed by atoms with E-state index in [0.29, 0.717) is 12.2 Å². The fourth-order valence-corrected chi connectivity index (χ4v) is 0.826. The van der Waals surface area contributed by atoms with Gasteiger partial charge in [0.1, 0.15) is 5.78 Å². The molecule has 0 saturated heterocycles. The van der Waals surface area contributed by atoms with Crippen molar-refractivity contribution in [1.82, 2.24) is 0 Å². The van der Waals surface area contributed by atoms with Crippen LogP contribution in [0, 0.1) is 10.8 Å². The molecule has 0 unspecified atom stereocenters. The predicted octanol–water partition coefficient (Wildman–Crippen LogP) is 3.59. The Morgan fingerprint density at radius 3 is 1.85 bits per heavy atom. The fourth-order valence-electron chi connectivity index (χ4n) is 0.826. The smallest absolute Gasteiger partial charge is 0.141 e. The summed E-state index contributed by atoms with van der Waals surface area (Å²) in [6.07, 6.45) is 4.63. The number of hydrogen-bond acceptors (Lipinski definition) is 1. The molecule has 76 valence electrons. The number of Topliss-reactive ketones (excluding diaryl/α,β-unsaturated/α-hetero) is 1. The first-order valence-electron chi connectivity index (χ1n) is 4.84. The topological polar surface area (TPSA) is 17.1 Å². The molecule has 0 radical (unpaired) electrons. The van der Waals surface area contributed by atoms with Gasteiger partial charge in [-0.15, -0.1) is 0 Å². The van der Waals surface area contributed by atoms with Gasteiger partial charge < -0.3 is 0 Å². The molecule has 1 heteroatoms. The zero-order valence-corrected chi connectivity index (χ0v) is 9.77. The molecule has 0 fully saturated rings. The molecule has 0 rings (SSSR count). The van der Waals surface area contributed by atoms with Crippen molar-refractivity contribution in [2.24, 2.45) is 10.8 Å². The second-order valence-electron chi connectivity index (χ2n) is 5.65. The second kappa shape index (κ2) is 4.08. The molecule has 0 aromatic carbocycles. The molecule has 0 bridgehead atoms. The van der Waals surface area contributed by atoms with Crippen LogP contribution >= 0.6 is 0 Å². The molecule has 0 heterocycles. The zero-order valence-electron chi connectivity index (χ0n) is 9.77. The van der Waals surface area contributed by atoms with Gasteiger partial charge >= 0.3 is 0 Å². The lowest BCUT2D eigenvalue weighted by Crippen LogP contribution is -2.19. The minimum Gasteiger partial charge on any atom is -0.299 e. The van der Waals surface area contributed by atoms with Crippen LogP contribution in [0.15, 0.2) is 12.2 Å². The normalized spacial score (nSPS) is 13.7. The van der Waals surface area contributed by atoms with Gasteiger partial charge in [0.2, 0.25) is 0 Å². The Hall–Kier alpha value is -0.590. The molecule has 0 amide bonds. The van der Waals surface area contributed by atoms with Gasteiger partial charge in [0, 0.05) is 11.8 Å². The Morgan fingerprint density at radius 1 is 1.08 bits per heavy atom. The fraction of sp³-hybridized carbons (Fsp3) is 0.750. The summed E-state index contributed by atoms with van der Waals surface area (Å²) < 4.78 is 0. The van der Waals surface area contributed by atoms with E-state index in [9.17, 15) is 4.79 Å². The van der Waals surface area contributed by atoms with Gasteiger partial charge in [-0.25, -0.2) is 0 Å². The van der Waals surface area contributed by atoms with Gasteiger partial charge in [-0.3, -0.25) is 4.79 Å². The average Bonchev–Trinajstić information content (AvgIpc) is 1.82. The molecule has 0 N–H and O–H groups in total. The Bertz CT molecular complexity index is 198. The Kier molecular flexibility index (Phi) is 3.89.